The predicted molar refractivity (Wildman–Crippen MR) is 100 cm³/mol. The fourth-order valence-electron chi connectivity index (χ4n) is 4.36. The van der Waals surface area contributed by atoms with Gasteiger partial charge in [0.1, 0.15) is 11.7 Å². The normalized spacial score (nSPS) is 28.9. The summed E-state index contributed by atoms with van der Waals surface area (Å²) in [6.07, 6.45) is 0.580. The number of rotatable bonds is 3. The van der Waals surface area contributed by atoms with Crippen LogP contribution in [0.4, 0.5) is 4.39 Å². The lowest BCUT2D eigenvalue weighted by Gasteiger charge is -2.29. The molecule has 3 heterocycles. The van der Waals surface area contributed by atoms with Crippen LogP contribution in [0.2, 0.25) is 0 Å². The highest BCUT2D eigenvalue weighted by atomic mass is 19.1. The Balaban J connectivity index is 1.54. The molecule has 1 aromatic rings. The Kier molecular flexibility index (Phi) is 4.93. The van der Waals surface area contributed by atoms with Crippen LogP contribution < -0.4 is 10.6 Å². The summed E-state index contributed by atoms with van der Waals surface area (Å²) >= 11 is 0. The first-order chi connectivity index (χ1) is 13.3. The molecule has 0 saturated carbocycles. The van der Waals surface area contributed by atoms with Crippen molar-refractivity contribution in [1.82, 2.24) is 20.4 Å². The second-order valence-electron chi connectivity index (χ2n) is 8.14. The third kappa shape index (κ3) is 3.66. The maximum absolute atomic E-state index is 14.6. The second kappa shape index (κ2) is 7.25. The van der Waals surface area contributed by atoms with Gasteiger partial charge in [-0.15, -0.1) is 0 Å². The zero-order chi connectivity index (χ0) is 19.9. The predicted octanol–water partition coefficient (Wildman–Crippen LogP) is 0.581. The lowest BCUT2D eigenvalue weighted by atomic mass is 10.0. The van der Waals surface area contributed by atoms with Crippen LogP contribution in [0.25, 0.3) is 0 Å². The third-order valence-corrected chi connectivity index (χ3v) is 5.72. The molecule has 2 N–H and O–H groups in total. The Bertz CT molecular complexity index is 826. The number of carbonyl (C=O) groups is 3. The average molecular weight is 388 g/mol. The molecule has 3 aliphatic rings. The minimum absolute atomic E-state index is 0.181. The SMILES string of the molecule is CC1(F)CNCCN(Cc2cccc3c2CN(C2CCC(=O)NC2=O)C3=O)C1. The van der Waals surface area contributed by atoms with Crippen molar-refractivity contribution in [3.05, 3.63) is 34.9 Å². The average Bonchev–Trinajstić information content (AvgIpc) is 2.85. The van der Waals surface area contributed by atoms with E-state index < -0.39 is 17.6 Å². The van der Waals surface area contributed by atoms with E-state index in [9.17, 15) is 18.8 Å². The number of carbonyl (C=O) groups excluding carboxylic acids is 3. The molecule has 2 saturated heterocycles. The molecule has 3 amide bonds. The fraction of sp³-hybridized carbons (Fsp3) is 0.550. The third-order valence-electron chi connectivity index (χ3n) is 5.72. The van der Waals surface area contributed by atoms with E-state index in [4.69, 9.17) is 0 Å². The van der Waals surface area contributed by atoms with E-state index in [2.05, 4.69) is 15.5 Å². The van der Waals surface area contributed by atoms with Gasteiger partial charge in [0.15, 0.2) is 0 Å². The maximum atomic E-state index is 14.6. The monoisotopic (exact) mass is 388 g/mol. The Morgan fingerprint density at radius 3 is 2.89 bits per heavy atom. The van der Waals surface area contributed by atoms with Crippen molar-refractivity contribution in [2.24, 2.45) is 0 Å². The number of amides is 3. The molecule has 8 heteroatoms. The van der Waals surface area contributed by atoms with Crippen LogP contribution in [0.3, 0.4) is 0 Å². The number of imide groups is 1. The highest BCUT2D eigenvalue weighted by Gasteiger charge is 2.40. The molecule has 0 radical (unpaired) electrons. The summed E-state index contributed by atoms with van der Waals surface area (Å²) in [5.41, 5.74) is 1.18. The van der Waals surface area contributed by atoms with Crippen molar-refractivity contribution in [2.45, 2.75) is 44.6 Å². The van der Waals surface area contributed by atoms with Gasteiger partial charge in [0, 0.05) is 51.3 Å². The van der Waals surface area contributed by atoms with Gasteiger partial charge in [-0.2, -0.15) is 0 Å². The van der Waals surface area contributed by atoms with Crippen molar-refractivity contribution in [3.63, 3.8) is 0 Å². The Hall–Kier alpha value is -2.32. The molecule has 3 aliphatic heterocycles. The minimum atomic E-state index is -1.30. The van der Waals surface area contributed by atoms with Crippen molar-refractivity contribution >= 4 is 17.7 Å². The topological polar surface area (TPSA) is 81.8 Å². The van der Waals surface area contributed by atoms with Crippen molar-refractivity contribution in [2.75, 3.05) is 26.2 Å². The number of benzene rings is 1. The molecule has 4 rings (SSSR count). The van der Waals surface area contributed by atoms with Crippen molar-refractivity contribution < 1.29 is 18.8 Å². The Morgan fingerprint density at radius 1 is 1.29 bits per heavy atom. The number of nitrogens with zero attached hydrogens (tertiary/aromatic N) is 2. The zero-order valence-corrected chi connectivity index (χ0v) is 16.0. The first-order valence-electron chi connectivity index (χ1n) is 9.71. The van der Waals surface area contributed by atoms with E-state index in [-0.39, 0.29) is 18.2 Å². The van der Waals surface area contributed by atoms with E-state index >= 15 is 0 Å². The molecule has 0 bridgehead atoms. The standard InChI is InChI=1S/C20H25FN4O3/c1-20(21)11-22-7-8-24(12-20)9-13-3-2-4-14-15(13)10-25(19(14)28)16-5-6-17(26)23-18(16)27/h2-4,16,22H,5-12H2,1H3,(H,23,26,27). The maximum Gasteiger partial charge on any atom is 0.255 e. The number of nitrogens with one attached hydrogen (secondary N) is 2. The number of halogens is 1. The molecule has 1 aromatic carbocycles. The van der Waals surface area contributed by atoms with E-state index in [0.29, 0.717) is 38.2 Å². The molecule has 2 fully saturated rings. The van der Waals surface area contributed by atoms with Gasteiger partial charge in [0.05, 0.1) is 0 Å². The van der Waals surface area contributed by atoms with Crippen LogP contribution in [0.1, 0.15) is 41.3 Å². The molecule has 0 aliphatic carbocycles. The fourth-order valence-corrected chi connectivity index (χ4v) is 4.36. The zero-order valence-electron chi connectivity index (χ0n) is 16.0. The summed E-state index contributed by atoms with van der Waals surface area (Å²) in [4.78, 5) is 40.2. The van der Waals surface area contributed by atoms with Gasteiger partial charge in [-0.05, 0) is 30.5 Å². The van der Waals surface area contributed by atoms with Crippen LogP contribution in [-0.2, 0) is 22.7 Å². The van der Waals surface area contributed by atoms with Crippen molar-refractivity contribution in [1.29, 1.82) is 0 Å². The summed E-state index contributed by atoms with van der Waals surface area (Å²) in [5.74, 6) is -0.889. The van der Waals surface area contributed by atoms with Gasteiger partial charge in [-0.1, -0.05) is 12.1 Å². The summed E-state index contributed by atoms with van der Waals surface area (Å²) in [7, 11) is 0. The number of fused-ring (bicyclic) bond motifs is 1. The minimum Gasteiger partial charge on any atom is -0.322 e. The molecule has 7 nitrogen and oxygen atoms in total. The highest BCUT2D eigenvalue weighted by Crippen LogP contribution is 2.30. The summed E-state index contributed by atoms with van der Waals surface area (Å²) in [6.45, 7) is 4.61. The lowest BCUT2D eigenvalue weighted by molar-refractivity contribution is -0.136. The van der Waals surface area contributed by atoms with Crippen LogP contribution >= 0.6 is 0 Å². The molecule has 0 spiro atoms. The molecule has 150 valence electrons. The molecule has 2 atom stereocenters. The largest absolute Gasteiger partial charge is 0.322 e. The Labute approximate surface area is 163 Å². The molecule has 0 aromatic heterocycles. The van der Waals surface area contributed by atoms with E-state index in [1.165, 1.54) is 0 Å². The second-order valence-corrected chi connectivity index (χ2v) is 8.14. The van der Waals surface area contributed by atoms with Crippen LogP contribution in [0, 0.1) is 0 Å². The summed E-state index contributed by atoms with van der Waals surface area (Å²) in [6, 6.07) is 4.96. The van der Waals surface area contributed by atoms with Gasteiger partial charge in [-0.3, -0.25) is 24.6 Å². The van der Waals surface area contributed by atoms with Gasteiger partial charge < -0.3 is 10.2 Å². The van der Waals surface area contributed by atoms with Crippen LogP contribution in [-0.4, -0.2) is 65.4 Å². The van der Waals surface area contributed by atoms with Gasteiger partial charge in [0.2, 0.25) is 11.8 Å². The molecular weight excluding hydrogens is 363 g/mol. The smallest absolute Gasteiger partial charge is 0.255 e. The van der Waals surface area contributed by atoms with Gasteiger partial charge >= 0.3 is 0 Å². The highest BCUT2D eigenvalue weighted by molar-refractivity contribution is 6.05. The summed E-state index contributed by atoms with van der Waals surface area (Å²) in [5, 5.41) is 5.44. The van der Waals surface area contributed by atoms with E-state index in [1.807, 2.05) is 12.1 Å². The Morgan fingerprint density at radius 2 is 2.11 bits per heavy atom. The first-order valence-corrected chi connectivity index (χ1v) is 9.71. The van der Waals surface area contributed by atoms with Crippen molar-refractivity contribution in [3.8, 4) is 0 Å². The summed E-state index contributed by atoms with van der Waals surface area (Å²) < 4.78 is 14.6. The molecule has 2 unspecified atom stereocenters. The van der Waals surface area contributed by atoms with Gasteiger partial charge in [-0.25, -0.2) is 4.39 Å². The number of hydrogen-bond acceptors (Lipinski definition) is 5. The van der Waals surface area contributed by atoms with Crippen LogP contribution in [0.5, 0.6) is 0 Å². The number of hydrogen-bond donors (Lipinski definition) is 2. The van der Waals surface area contributed by atoms with E-state index in [1.54, 1.807) is 17.9 Å². The first kappa shape index (κ1) is 19.0. The van der Waals surface area contributed by atoms with E-state index in [0.717, 1.165) is 24.2 Å². The molecular formula is C20H25FN4O3. The molecule has 28 heavy (non-hydrogen) atoms. The van der Waals surface area contributed by atoms with Gasteiger partial charge in [0.25, 0.3) is 5.91 Å². The quantitative estimate of drug-likeness (QED) is 0.741. The lowest BCUT2D eigenvalue weighted by Crippen LogP contribution is -2.52. The number of alkyl halides is 1. The number of piperidine rings is 1. The van der Waals surface area contributed by atoms with Crippen LogP contribution in [0.15, 0.2) is 18.2 Å².